The Morgan fingerprint density at radius 3 is 0.824 bits per heavy atom. The normalized spacial score (nSPS) is 17.1. The molecule has 4 N–H and O–H groups in total. The minimum Gasteiger partial charge on any atom is -0.355 e. The average molecular weight is 1930 g/mol. The molecule has 0 fully saturated rings. The molecule has 4 atom stereocenters. The molecule has 8 nitrogen and oxygen atoms in total. The Bertz CT molecular complexity index is 7610. The predicted octanol–water partition coefficient (Wildman–Crippen LogP) is 38.8. The average Bonchev–Trinajstić information content (AvgIpc) is 1.58. The Balaban J connectivity index is 0.000000168. The van der Waals surface area contributed by atoms with Gasteiger partial charge in [-0.3, -0.25) is 0 Å². The van der Waals surface area contributed by atoms with Gasteiger partial charge in [-0.1, -0.05) is 381 Å². The molecular formula is C133H141BrN8. The molecule has 10 heterocycles. The van der Waals surface area contributed by atoms with E-state index in [1.807, 2.05) is 0 Å². The van der Waals surface area contributed by atoms with E-state index in [0.717, 1.165) is 148 Å². The van der Waals surface area contributed by atoms with Gasteiger partial charge in [0.05, 0.1) is 55.5 Å². The molecule has 0 radical (unpaired) electrons. The second kappa shape index (κ2) is 41.8. The fourth-order valence-electron chi connectivity index (χ4n) is 25.4. The fourth-order valence-corrected chi connectivity index (χ4v) is 25.8. The van der Waals surface area contributed by atoms with Crippen LogP contribution in [0.1, 0.15) is 356 Å². The molecule has 8 aromatic carbocycles. The van der Waals surface area contributed by atoms with Gasteiger partial charge < -0.3 is 19.9 Å². The SMILES string of the molecule is CCCCCCCCCCC1(C)c2ccccc2-c2ccc(-c3c4nc(c(C)c5ccc([nH]5)c(-c5ccc6c(c5)C(C)(CCCCCCCC)c5ccccc5-6)c5nc(c(Br)c6ccc3[nH]6)C=C5)C=C4)cc21.CCCCCCCCCCC1(C)c2ccccc2-c2ccc(-c3c4nc(cc5ccc([nH]5)c(-c5ccc6c(c5)C(C)(CCCCCCCC)c5ccccc5-6)c5nc(cc6ccc3[nH]6)C=C5)C=C4)cc21. The van der Waals surface area contributed by atoms with E-state index >= 15 is 0 Å². The number of H-pyrrole nitrogens is 4. The molecule has 4 aliphatic carbocycles. The smallest absolute Gasteiger partial charge is 0.0801 e. The van der Waals surface area contributed by atoms with Crippen molar-refractivity contribution in [3.8, 4) is 89.0 Å². The van der Waals surface area contributed by atoms with E-state index in [9.17, 15) is 0 Å². The van der Waals surface area contributed by atoms with Gasteiger partial charge in [0, 0.05) is 82.5 Å². The Morgan fingerprint density at radius 2 is 0.479 bits per heavy atom. The number of unbranched alkanes of at least 4 members (excludes halogenated alkanes) is 24. The summed E-state index contributed by atoms with van der Waals surface area (Å²) in [7, 11) is 0. The first-order valence-electron chi connectivity index (χ1n) is 54.4. The highest BCUT2D eigenvalue weighted by Gasteiger charge is 2.44. The number of halogens is 1. The maximum atomic E-state index is 5.49. The lowest BCUT2D eigenvalue weighted by Crippen LogP contribution is -2.20. The van der Waals surface area contributed by atoms with Crippen molar-refractivity contribution < 1.29 is 0 Å². The van der Waals surface area contributed by atoms with Gasteiger partial charge in [0.15, 0.2) is 0 Å². The first-order chi connectivity index (χ1) is 69.5. The monoisotopic (exact) mass is 1930 g/mol. The highest BCUT2D eigenvalue weighted by molar-refractivity contribution is 9.10. The quantitative estimate of drug-likeness (QED) is 0.0293. The molecule has 720 valence electrons. The van der Waals surface area contributed by atoms with Crippen LogP contribution in [0, 0.1) is 6.92 Å². The van der Waals surface area contributed by atoms with Gasteiger partial charge in [-0.2, -0.15) is 0 Å². The molecule has 4 unspecified atom stereocenters. The van der Waals surface area contributed by atoms with Crippen LogP contribution in [0.15, 0.2) is 235 Å². The van der Waals surface area contributed by atoms with E-state index in [1.54, 1.807) is 0 Å². The highest BCUT2D eigenvalue weighted by Crippen LogP contribution is 2.58. The summed E-state index contributed by atoms with van der Waals surface area (Å²) in [6.07, 6.45) is 58.7. The van der Waals surface area contributed by atoms with Crippen LogP contribution in [0.25, 0.3) is 182 Å². The molecule has 8 aliphatic rings. The van der Waals surface area contributed by atoms with Crippen LogP contribution in [0.5, 0.6) is 0 Å². The van der Waals surface area contributed by atoms with Crippen molar-refractivity contribution in [1.82, 2.24) is 39.9 Å². The Morgan fingerprint density at radius 1 is 0.225 bits per heavy atom. The number of aromatic nitrogens is 8. The van der Waals surface area contributed by atoms with Gasteiger partial charge in [0.2, 0.25) is 0 Å². The molecule has 0 amide bonds. The number of aryl methyl sites for hydroxylation is 1. The number of rotatable bonds is 36. The second-order valence-electron chi connectivity index (χ2n) is 42.9. The zero-order valence-corrected chi connectivity index (χ0v) is 86.9. The van der Waals surface area contributed by atoms with Crippen LogP contribution in [-0.2, 0) is 21.7 Å². The van der Waals surface area contributed by atoms with Crippen LogP contribution in [0.4, 0.5) is 0 Å². The number of hydrogen-bond acceptors (Lipinski definition) is 4. The van der Waals surface area contributed by atoms with E-state index < -0.39 is 0 Å². The lowest BCUT2D eigenvalue weighted by molar-refractivity contribution is 0.478. The minimum atomic E-state index is -0.0734. The molecular weight excluding hydrogens is 1790 g/mol. The van der Waals surface area contributed by atoms with Gasteiger partial charge in [0.1, 0.15) is 0 Å². The van der Waals surface area contributed by atoms with Crippen molar-refractivity contribution >= 4 is 109 Å². The minimum absolute atomic E-state index is 0.0572. The molecule has 4 aliphatic heterocycles. The Kier molecular flexibility index (Phi) is 28.1. The summed E-state index contributed by atoms with van der Waals surface area (Å²) in [6, 6.07) is 87.3. The van der Waals surface area contributed by atoms with Gasteiger partial charge in [0.25, 0.3) is 0 Å². The van der Waals surface area contributed by atoms with E-state index in [1.165, 1.54) is 291 Å². The summed E-state index contributed by atoms with van der Waals surface area (Å²) in [5.74, 6) is 0. The molecule has 9 heteroatoms. The maximum Gasteiger partial charge on any atom is 0.0801 e. The largest absolute Gasteiger partial charge is 0.355 e. The first kappa shape index (κ1) is 95.6. The van der Waals surface area contributed by atoms with Crippen LogP contribution < -0.4 is 0 Å². The lowest BCUT2D eigenvalue weighted by Gasteiger charge is -2.28. The van der Waals surface area contributed by atoms with Crippen molar-refractivity contribution in [2.45, 2.75) is 289 Å². The van der Waals surface area contributed by atoms with Gasteiger partial charge in [-0.15, -0.1) is 0 Å². The third kappa shape index (κ3) is 18.5. The van der Waals surface area contributed by atoms with E-state index in [0.29, 0.717) is 0 Å². The van der Waals surface area contributed by atoms with Crippen molar-refractivity contribution in [3.05, 3.63) is 331 Å². The molecule has 14 aromatic rings. The molecule has 16 bridgehead atoms. The summed E-state index contributed by atoms with van der Waals surface area (Å²) in [6.45, 7) is 21.4. The Labute approximate surface area is 851 Å². The molecule has 0 saturated heterocycles. The van der Waals surface area contributed by atoms with E-state index in [2.05, 4.69) is 377 Å². The second-order valence-corrected chi connectivity index (χ2v) is 43.7. The maximum absolute atomic E-state index is 5.49. The zero-order valence-electron chi connectivity index (χ0n) is 85.4. The van der Waals surface area contributed by atoms with Crippen molar-refractivity contribution in [1.29, 1.82) is 0 Å². The zero-order chi connectivity index (χ0) is 97.1. The number of fused-ring (bicyclic) bond motifs is 28. The number of aromatic amines is 4. The topological polar surface area (TPSA) is 115 Å². The van der Waals surface area contributed by atoms with E-state index in [-0.39, 0.29) is 21.7 Å². The molecule has 142 heavy (non-hydrogen) atoms. The number of hydrogen-bond donors (Lipinski definition) is 4. The van der Waals surface area contributed by atoms with Gasteiger partial charge >= 0.3 is 0 Å². The summed E-state index contributed by atoms with van der Waals surface area (Å²) in [5, 5.41) is 0. The third-order valence-corrected chi connectivity index (χ3v) is 34.2. The first-order valence-corrected chi connectivity index (χ1v) is 55.2. The van der Waals surface area contributed by atoms with Crippen LogP contribution in [-0.4, -0.2) is 39.9 Å². The summed E-state index contributed by atoms with van der Waals surface area (Å²) in [5.41, 5.74) is 48.2. The Hall–Kier alpha value is -12.6. The van der Waals surface area contributed by atoms with Crippen LogP contribution in [0.2, 0.25) is 0 Å². The molecule has 6 aromatic heterocycles. The van der Waals surface area contributed by atoms with Gasteiger partial charge in [-0.25, -0.2) is 19.9 Å². The molecule has 0 saturated carbocycles. The van der Waals surface area contributed by atoms with Crippen molar-refractivity contribution in [2.24, 2.45) is 0 Å². The summed E-state index contributed by atoms with van der Waals surface area (Å²) in [4.78, 5) is 37.1. The fraction of sp³-hybridized carbons (Fsp3) is 0.338. The van der Waals surface area contributed by atoms with Crippen molar-refractivity contribution in [2.75, 3.05) is 0 Å². The van der Waals surface area contributed by atoms with E-state index in [4.69, 9.17) is 19.9 Å². The molecule has 22 rings (SSSR count). The molecule has 0 spiro atoms. The predicted molar refractivity (Wildman–Crippen MR) is 610 cm³/mol. The lowest BCUT2D eigenvalue weighted by atomic mass is 9.75. The number of nitrogens with zero attached hydrogens (tertiary/aromatic N) is 4. The third-order valence-electron chi connectivity index (χ3n) is 33.3. The van der Waals surface area contributed by atoms with Gasteiger partial charge in [-0.05, 0) is 299 Å². The van der Waals surface area contributed by atoms with Crippen molar-refractivity contribution in [3.63, 3.8) is 0 Å². The number of benzene rings is 8. The summed E-state index contributed by atoms with van der Waals surface area (Å²) >= 11 is 4.07. The summed E-state index contributed by atoms with van der Waals surface area (Å²) < 4.78 is 0.927. The highest BCUT2D eigenvalue weighted by atomic mass is 79.9. The number of nitrogens with one attached hydrogen (secondary N) is 4. The standard InChI is InChI=1S/C67H71BrN4.C66H70N4/c1-6-8-10-12-14-15-17-23-41-67(5)52-27-21-19-25-48(52)50-31-29-46(43-54(50)67)64-58-35-33-56(70-58)44(3)55-32-34-57(69-55)63(59-36-38-61(71-59)65(68)62-39-37-60(64)72-62)45-28-30-49-47-24-18-20-26-51(47)66(4,53(49)42-45)40-22-16-13-11-9-7-2;1-5-7-9-11-13-14-16-22-40-66(4)56-26-20-18-24-52(56)54-34-28-46(42-58(54)66)64-61-37-31-49(69-61)43-47-29-35-59(67-47)63(60-36-30-48(68-60)44-50-32-38-62(64)70-50)45-27-33-53-51-23-17-19-25-55(51)65(3,57(53)41-45)39-21-15-12-10-8-6-2/h18-21,24-39,42-43,69,72H,6-17,22-23,40-41H2,1-5H3;17-20,23-38,41-44,67,70H,5-16,21-22,39-40H2,1-4H3. The van der Waals surface area contributed by atoms with Crippen LogP contribution >= 0.6 is 15.9 Å². The van der Waals surface area contributed by atoms with Crippen LogP contribution in [0.3, 0.4) is 0 Å².